The molecular formula is C20H24F3N3O2. The van der Waals surface area contributed by atoms with Gasteiger partial charge in [-0.15, -0.1) is 0 Å². The number of fused-ring (bicyclic) bond motifs is 1. The summed E-state index contributed by atoms with van der Waals surface area (Å²) < 4.78 is 47.3. The molecule has 3 aliphatic rings. The molecule has 1 aromatic heterocycles. The minimum absolute atomic E-state index is 0.0501. The maximum atomic E-state index is 13.4. The molecule has 0 atom stereocenters. The summed E-state index contributed by atoms with van der Waals surface area (Å²) >= 11 is 0. The number of carbonyl (C=O) groups is 1. The first kappa shape index (κ1) is 19.2. The maximum Gasteiger partial charge on any atom is 0.412 e. The van der Waals surface area contributed by atoms with Gasteiger partial charge >= 0.3 is 6.18 Å². The van der Waals surface area contributed by atoms with Gasteiger partial charge in [-0.05, 0) is 37.2 Å². The van der Waals surface area contributed by atoms with Gasteiger partial charge in [-0.1, -0.05) is 12.2 Å². The van der Waals surface area contributed by atoms with Crippen LogP contribution in [0.1, 0.15) is 47.4 Å². The molecule has 1 aliphatic carbocycles. The van der Waals surface area contributed by atoms with E-state index in [0.29, 0.717) is 56.8 Å². The van der Waals surface area contributed by atoms with Gasteiger partial charge in [-0.2, -0.15) is 18.3 Å². The zero-order valence-electron chi connectivity index (χ0n) is 15.9. The SMILES string of the molecule is Cn1nc(C(=O)N2CCC(C3=C(C(F)(F)F)CCC=C3)CC2)c2c1CCOC2. The molecule has 3 heterocycles. The molecule has 0 spiro atoms. The van der Waals surface area contributed by atoms with Crippen molar-refractivity contribution in [3.05, 3.63) is 40.2 Å². The lowest BCUT2D eigenvalue weighted by Gasteiger charge is -2.34. The fourth-order valence-electron chi connectivity index (χ4n) is 4.50. The summed E-state index contributed by atoms with van der Waals surface area (Å²) in [6.07, 6.45) is 1.47. The average Bonchev–Trinajstić information content (AvgIpc) is 3.04. The van der Waals surface area contributed by atoms with E-state index in [-0.39, 0.29) is 18.2 Å². The fourth-order valence-corrected chi connectivity index (χ4v) is 4.50. The first-order valence-corrected chi connectivity index (χ1v) is 9.74. The lowest BCUT2D eigenvalue weighted by atomic mass is 9.82. The Kier molecular flexibility index (Phi) is 5.07. The summed E-state index contributed by atoms with van der Waals surface area (Å²) in [5, 5.41) is 4.40. The monoisotopic (exact) mass is 395 g/mol. The van der Waals surface area contributed by atoms with Gasteiger partial charge < -0.3 is 9.64 Å². The number of amides is 1. The predicted molar refractivity (Wildman–Crippen MR) is 96.7 cm³/mol. The van der Waals surface area contributed by atoms with E-state index < -0.39 is 11.7 Å². The molecule has 5 nitrogen and oxygen atoms in total. The second kappa shape index (κ2) is 7.39. The summed E-state index contributed by atoms with van der Waals surface area (Å²) in [6.45, 7) is 1.89. The Bertz CT molecular complexity index is 830. The Labute approximate surface area is 161 Å². The van der Waals surface area contributed by atoms with Gasteiger partial charge in [0.2, 0.25) is 0 Å². The van der Waals surface area contributed by atoms with Crippen molar-refractivity contribution in [2.24, 2.45) is 13.0 Å². The van der Waals surface area contributed by atoms with Crippen LogP contribution in [0.5, 0.6) is 0 Å². The number of nitrogens with zero attached hydrogens (tertiary/aromatic N) is 3. The van der Waals surface area contributed by atoms with Crippen LogP contribution in [-0.4, -0.2) is 46.5 Å². The molecule has 1 amide bonds. The molecule has 1 saturated heterocycles. The average molecular weight is 395 g/mol. The van der Waals surface area contributed by atoms with Gasteiger partial charge in [0.1, 0.15) is 0 Å². The Hall–Kier alpha value is -2.09. The number of aromatic nitrogens is 2. The number of hydrogen-bond donors (Lipinski definition) is 0. The molecule has 28 heavy (non-hydrogen) atoms. The minimum atomic E-state index is -4.28. The van der Waals surface area contributed by atoms with E-state index in [4.69, 9.17) is 4.74 Å². The number of carbonyl (C=O) groups excluding carboxylic acids is 1. The number of alkyl halides is 3. The van der Waals surface area contributed by atoms with Gasteiger partial charge in [-0.25, -0.2) is 0 Å². The number of rotatable bonds is 2. The molecule has 2 aliphatic heterocycles. The third kappa shape index (κ3) is 3.50. The van der Waals surface area contributed by atoms with Crippen LogP contribution in [0.4, 0.5) is 13.2 Å². The topological polar surface area (TPSA) is 47.4 Å². The molecule has 0 bridgehead atoms. The van der Waals surface area contributed by atoms with E-state index in [1.54, 1.807) is 15.7 Å². The summed E-state index contributed by atoms with van der Waals surface area (Å²) in [4.78, 5) is 14.7. The van der Waals surface area contributed by atoms with E-state index in [1.807, 2.05) is 13.1 Å². The Morgan fingerprint density at radius 1 is 1.25 bits per heavy atom. The first-order chi connectivity index (χ1) is 13.4. The Morgan fingerprint density at radius 3 is 2.71 bits per heavy atom. The van der Waals surface area contributed by atoms with Gasteiger partial charge in [0, 0.05) is 43.4 Å². The second-order valence-electron chi connectivity index (χ2n) is 7.64. The third-order valence-corrected chi connectivity index (χ3v) is 5.98. The molecule has 1 aromatic rings. The molecule has 152 valence electrons. The van der Waals surface area contributed by atoms with Crippen LogP contribution in [0.25, 0.3) is 0 Å². The van der Waals surface area contributed by atoms with E-state index in [2.05, 4.69) is 5.10 Å². The highest BCUT2D eigenvalue weighted by Crippen LogP contribution is 2.40. The lowest BCUT2D eigenvalue weighted by molar-refractivity contribution is -0.0954. The van der Waals surface area contributed by atoms with Crippen molar-refractivity contribution in [3.8, 4) is 0 Å². The Balaban J connectivity index is 1.48. The van der Waals surface area contributed by atoms with Crippen molar-refractivity contribution in [2.45, 2.75) is 44.9 Å². The van der Waals surface area contributed by atoms with Gasteiger partial charge in [-0.3, -0.25) is 9.48 Å². The van der Waals surface area contributed by atoms with Gasteiger partial charge in [0.25, 0.3) is 5.91 Å². The molecule has 1 fully saturated rings. The van der Waals surface area contributed by atoms with E-state index in [1.165, 1.54) is 0 Å². The number of aryl methyl sites for hydroxylation is 1. The third-order valence-electron chi connectivity index (χ3n) is 5.98. The van der Waals surface area contributed by atoms with Crippen LogP contribution in [0.15, 0.2) is 23.3 Å². The van der Waals surface area contributed by atoms with Crippen molar-refractivity contribution >= 4 is 5.91 Å². The molecule has 0 unspecified atom stereocenters. The summed E-state index contributed by atoms with van der Waals surface area (Å²) in [5.41, 5.74) is 2.31. The zero-order chi connectivity index (χ0) is 19.9. The fraction of sp³-hybridized carbons (Fsp3) is 0.600. The molecular weight excluding hydrogens is 371 g/mol. The van der Waals surface area contributed by atoms with Crippen LogP contribution < -0.4 is 0 Å². The van der Waals surface area contributed by atoms with E-state index in [9.17, 15) is 18.0 Å². The quantitative estimate of drug-likeness (QED) is 0.769. The summed E-state index contributed by atoms with van der Waals surface area (Å²) in [5.74, 6) is -0.303. The van der Waals surface area contributed by atoms with Crippen LogP contribution in [0, 0.1) is 5.92 Å². The lowest BCUT2D eigenvalue weighted by Crippen LogP contribution is -2.40. The van der Waals surface area contributed by atoms with Crippen LogP contribution >= 0.6 is 0 Å². The number of ether oxygens (including phenoxy) is 1. The molecule has 8 heteroatoms. The number of hydrogen-bond acceptors (Lipinski definition) is 3. The van der Waals surface area contributed by atoms with Crippen LogP contribution in [0.2, 0.25) is 0 Å². The van der Waals surface area contributed by atoms with Crippen LogP contribution in [-0.2, 0) is 24.8 Å². The zero-order valence-corrected chi connectivity index (χ0v) is 15.9. The van der Waals surface area contributed by atoms with Crippen molar-refractivity contribution in [2.75, 3.05) is 19.7 Å². The molecule has 4 rings (SSSR count). The molecule has 0 aromatic carbocycles. The minimum Gasteiger partial charge on any atom is -0.376 e. The smallest absolute Gasteiger partial charge is 0.376 e. The highest BCUT2D eigenvalue weighted by Gasteiger charge is 2.39. The second-order valence-corrected chi connectivity index (χ2v) is 7.64. The number of piperidine rings is 1. The van der Waals surface area contributed by atoms with Crippen molar-refractivity contribution in [1.29, 1.82) is 0 Å². The highest BCUT2D eigenvalue weighted by molar-refractivity contribution is 5.94. The van der Waals surface area contributed by atoms with Gasteiger partial charge in [0.15, 0.2) is 5.69 Å². The van der Waals surface area contributed by atoms with Crippen LogP contribution in [0.3, 0.4) is 0 Å². The normalized spacial score (nSPS) is 21.2. The highest BCUT2D eigenvalue weighted by atomic mass is 19.4. The predicted octanol–water partition coefficient (Wildman–Crippen LogP) is 3.55. The van der Waals surface area contributed by atoms with Crippen molar-refractivity contribution < 1.29 is 22.7 Å². The number of likely N-dealkylation sites (tertiary alicyclic amines) is 1. The first-order valence-electron chi connectivity index (χ1n) is 9.74. The summed E-state index contributed by atoms with van der Waals surface area (Å²) in [7, 11) is 1.83. The Morgan fingerprint density at radius 2 is 2.00 bits per heavy atom. The molecule has 0 saturated carbocycles. The maximum absolute atomic E-state index is 13.4. The summed E-state index contributed by atoms with van der Waals surface area (Å²) in [6, 6.07) is 0. The molecule has 0 N–H and O–H groups in total. The van der Waals surface area contributed by atoms with E-state index >= 15 is 0 Å². The van der Waals surface area contributed by atoms with Crippen molar-refractivity contribution in [1.82, 2.24) is 14.7 Å². The number of halogens is 3. The number of allylic oxidation sites excluding steroid dienone is 4. The standard InChI is InChI=1S/C20H24F3N3O2/c1-25-17-8-11-28-12-15(17)18(24-25)19(27)26-9-6-13(7-10-26)14-4-2-3-5-16(14)20(21,22)23/h2,4,13H,3,5-12H2,1H3. The molecule has 0 radical (unpaired) electrons. The van der Waals surface area contributed by atoms with Gasteiger partial charge in [0.05, 0.1) is 13.2 Å². The van der Waals surface area contributed by atoms with E-state index in [0.717, 1.165) is 17.7 Å². The largest absolute Gasteiger partial charge is 0.412 e. The van der Waals surface area contributed by atoms with Crippen molar-refractivity contribution in [3.63, 3.8) is 0 Å².